The Hall–Kier alpha value is -3.02. The van der Waals surface area contributed by atoms with Gasteiger partial charge in [-0.15, -0.1) is 0 Å². The summed E-state index contributed by atoms with van der Waals surface area (Å²) in [4.78, 5) is 18.4. The monoisotopic (exact) mass is 267 g/mol. The van der Waals surface area contributed by atoms with E-state index in [1.54, 1.807) is 24.4 Å². The smallest absolute Gasteiger partial charge is 0.287 e. The molecule has 0 amide bonds. The van der Waals surface area contributed by atoms with Crippen molar-refractivity contribution in [1.82, 2.24) is 9.97 Å². The maximum Gasteiger partial charge on any atom is 0.287 e. The summed E-state index contributed by atoms with van der Waals surface area (Å²) in [5.74, 6) is 0.0891. The van der Waals surface area contributed by atoms with Crippen molar-refractivity contribution in [2.24, 2.45) is 0 Å². The average Bonchev–Trinajstić information content (AvgIpc) is 2.48. The highest BCUT2D eigenvalue weighted by molar-refractivity contribution is 5.96. The molecule has 0 aliphatic heterocycles. The van der Waals surface area contributed by atoms with Gasteiger partial charge in [0.05, 0.1) is 10.6 Å². The van der Waals surface area contributed by atoms with E-state index >= 15 is 0 Å². The molecule has 0 aliphatic carbocycles. The number of nitrogens with zero attached hydrogens (tertiary/aromatic N) is 3. The zero-order valence-corrected chi connectivity index (χ0v) is 10.2. The summed E-state index contributed by atoms with van der Waals surface area (Å²) in [6.45, 7) is 0. The highest BCUT2D eigenvalue weighted by atomic mass is 16.6. The van der Waals surface area contributed by atoms with Gasteiger partial charge in [-0.05, 0) is 24.3 Å². The van der Waals surface area contributed by atoms with E-state index in [0.29, 0.717) is 11.2 Å². The Morgan fingerprint density at radius 3 is 2.65 bits per heavy atom. The third-order valence-corrected chi connectivity index (χ3v) is 2.98. The van der Waals surface area contributed by atoms with Crippen LogP contribution in [0.25, 0.3) is 22.2 Å². The highest BCUT2D eigenvalue weighted by Gasteiger charge is 2.11. The Morgan fingerprint density at radius 1 is 1.10 bits per heavy atom. The average molecular weight is 267 g/mol. The van der Waals surface area contributed by atoms with Crippen LogP contribution in [0.2, 0.25) is 0 Å². The van der Waals surface area contributed by atoms with Crippen LogP contribution in [0, 0.1) is 10.1 Å². The molecule has 0 bridgehead atoms. The number of rotatable bonds is 2. The third-order valence-electron chi connectivity index (χ3n) is 2.98. The fourth-order valence-corrected chi connectivity index (χ4v) is 2.03. The molecule has 1 N–H and O–H groups in total. The van der Waals surface area contributed by atoms with Gasteiger partial charge in [0.15, 0.2) is 0 Å². The van der Waals surface area contributed by atoms with E-state index in [-0.39, 0.29) is 11.4 Å². The number of phenols is 1. The first-order valence-electron chi connectivity index (χ1n) is 5.84. The van der Waals surface area contributed by atoms with Crippen molar-refractivity contribution in [3.05, 3.63) is 58.9 Å². The largest absolute Gasteiger partial charge is 0.506 e. The minimum Gasteiger partial charge on any atom is -0.506 e. The van der Waals surface area contributed by atoms with Crippen LogP contribution in [-0.4, -0.2) is 20.0 Å². The second-order valence-electron chi connectivity index (χ2n) is 4.19. The number of aromatic nitrogens is 2. The van der Waals surface area contributed by atoms with Gasteiger partial charge >= 0.3 is 0 Å². The first-order valence-corrected chi connectivity index (χ1v) is 5.84. The van der Waals surface area contributed by atoms with E-state index in [4.69, 9.17) is 0 Å². The fourth-order valence-electron chi connectivity index (χ4n) is 2.03. The number of fused-ring (bicyclic) bond motifs is 1. The lowest BCUT2D eigenvalue weighted by atomic mass is 10.0. The van der Waals surface area contributed by atoms with Crippen LogP contribution in [0.15, 0.2) is 48.8 Å². The van der Waals surface area contributed by atoms with Crippen LogP contribution in [0.4, 0.5) is 5.69 Å². The molecular weight excluding hydrogens is 258 g/mol. The summed E-state index contributed by atoms with van der Waals surface area (Å²) < 4.78 is 0. The Labute approximate surface area is 113 Å². The first-order chi connectivity index (χ1) is 9.66. The highest BCUT2D eigenvalue weighted by Crippen LogP contribution is 2.31. The molecule has 3 rings (SSSR count). The van der Waals surface area contributed by atoms with Gasteiger partial charge in [0, 0.05) is 23.2 Å². The molecule has 3 aromatic rings. The summed E-state index contributed by atoms with van der Waals surface area (Å²) in [6, 6.07) is 9.81. The molecule has 0 fully saturated rings. The van der Waals surface area contributed by atoms with Gasteiger partial charge in [-0.1, -0.05) is 6.07 Å². The number of aromatic hydroxyl groups is 1. The van der Waals surface area contributed by atoms with Crippen LogP contribution in [0.3, 0.4) is 0 Å². The SMILES string of the molecule is O=[N+]([O-])c1ccc(-c2ccc(O)c3ncccc23)nc1. The van der Waals surface area contributed by atoms with E-state index in [1.807, 2.05) is 6.07 Å². The standard InChI is InChI=1S/C14H9N3O3/c18-13-6-4-10(11-2-1-7-15-14(11)13)12-5-3-9(8-16-12)17(19)20/h1-8,18H. The van der Waals surface area contributed by atoms with E-state index < -0.39 is 4.92 Å². The lowest BCUT2D eigenvalue weighted by Crippen LogP contribution is -1.91. The minimum atomic E-state index is -0.493. The molecule has 0 atom stereocenters. The molecule has 6 heteroatoms. The van der Waals surface area contributed by atoms with Gasteiger partial charge < -0.3 is 5.11 Å². The van der Waals surface area contributed by atoms with E-state index in [0.717, 1.165) is 10.9 Å². The number of hydrogen-bond donors (Lipinski definition) is 1. The van der Waals surface area contributed by atoms with Gasteiger partial charge in [0.25, 0.3) is 5.69 Å². The minimum absolute atomic E-state index is 0.0602. The van der Waals surface area contributed by atoms with Gasteiger partial charge in [-0.25, -0.2) is 4.98 Å². The van der Waals surface area contributed by atoms with Crippen LogP contribution >= 0.6 is 0 Å². The molecule has 98 valence electrons. The van der Waals surface area contributed by atoms with Crippen LogP contribution in [-0.2, 0) is 0 Å². The van der Waals surface area contributed by atoms with Gasteiger partial charge in [-0.2, -0.15) is 0 Å². The molecule has 6 nitrogen and oxygen atoms in total. The summed E-state index contributed by atoms with van der Waals surface area (Å²) in [5, 5.41) is 21.2. The van der Waals surface area contributed by atoms with Crippen molar-refractivity contribution < 1.29 is 10.0 Å². The quantitative estimate of drug-likeness (QED) is 0.569. The van der Waals surface area contributed by atoms with E-state index in [9.17, 15) is 15.2 Å². The molecule has 2 heterocycles. The van der Waals surface area contributed by atoms with E-state index in [1.165, 1.54) is 18.3 Å². The van der Waals surface area contributed by atoms with Gasteiger partial charge in [0.2, 0.25) is 0 Å². The molecule has 0 saturated heterocycles. The molecule has 2 aromatic heterocycles. The second kappa shape index (κ2) is 4.58. The molecule has 1 aromatic carbocycles. The van der Waals surface area contributed by atoms with Crippen LogP contribution in [0.1, 0.15) is 0 Å². The number of phenolic OH excluding ortho intramolecular Hbond substituents is 1. The van der Waals surface area contributed by atoms with Crippen molar-refractivity contribution in [1.29, 1.82) is 0 Å². The molecule has 20 heavy (non-hydrogen) atoms. The number of nitro groups is 1. The van der Waals surface area contributed by atoms with Crippen molar-refractivity contribution in [3.8, 4) is 17.0 Å². The lowest BCUT2D eigenvalue weighted by molar-refractivity contribution is -0.385. The molecule has 0 aliphatic rings. The van der Waals surface area contributed by atoms with Gasteiger partial charge in [0.1, 0.15) is 17.5 Å². The molecule has 0 radical (unpaired) electrons. The van der Waals surface area contributed by atoms with E-state index in [2.05, 4.69) is 9.97 Å². The van der Waals surface area contributed by atoms with Crippen molar-refractivity contribution >= 4 is 16.6 Å². The first kappa shape index (κ1) is 12.0. The Kier molecular flexibility index (Phi) is 2.76. The Morgan fingerprint density at radius 2 is 1.95 bits per heavy atom. The van der Waals surface area contributed by atoms with Crippen LogP contribution < -0.4 is 0 Å². The van der Waals surface area contributed by atoms with Crippen LogP contribution in [0.5, 0.6) is 5.75 Å². The summed E-state index contributed by atoms with van der Waals surface area (Å²) in [7, 11) is 0. The zero-order chi connectivity index (χ0) is 14.1. The lowest BCUT2D eigenvalue weighted by Gasteiger charge is -2.06. The number of benzene rings is 1. The predicted octanol–water partition coefficient (Wildman–Crippen LogP) is 2.91. The molecule has 0 spiro atoms. The Balaban J connectivity index is 2.19. The molecular formula is C14H9N3O3. The maximum atomic E-state index is 10.6. The second-order valence-corrected chi connectivity index (χ2v) is 4.19. The predicted molar refractivity (Wildman–Crippen MR) is 73.3 cm³/mol. The molecule has 0 saturated carbocycles. The van der Waals surface area contributed by atoms with Crippen molar-refractivity contribution in [3.63, 3.8) is 0 Å². The van der Waals surface area contributed by atoms with Gasteiger partial charge in [-0.3, -0.25) is 15.1 Å². The maximum absolute atomic E-state index is 10.6. The summed E-state index contributed by atoms with van der Waals surface area (Å²) >= 11 is 0. The third kappa shape index (κ3) is 1.93. The Bertz CT molecular complexity index is 800. The topological polar surface area (TPSA) is 89.2 Å². The zero-order valence-electron chi connectivity index (χ0n) is 10.2. The summed E-state index contributed by atoms with van der Waals surface area (Å²) in [6.07, 6.45) is 2.81. The summed E-state index contributed by atoms with van der Waals surface area (Å²) in [5.41, 5.74) is 1.77. The molecule has 0 unspecified atom stereocenters. The van der Waals surface area contributed by atoms with Crippen molar-refractivity contribution in [2.75, 3.05) is 0 Å². The van der Waals surface area contributed by atoms with Crippen molar-refractivity contribution in [2.45, 2.75) is 0 Å². The fraction of sp³-hybridized carbons (Fsp3) is 0. The number of pyridine rings is 2. The normalized spacial score (nSPS) is 10.6. The number of hydrogen-bond acceptors (Lipinski definition) is 5.